The molecule has 1 heterocycles. The first-order valence-electron chi connectivity index (χ1n) is 8.55. The summed E-state index contributed by atoms with van der Waals surface area (Å²) in [6.45, 7) is 5.54. The van der Waals surface area contributed by atoms with E-state index in [9.17, 15) is 14.4 Å². The van der Waals surface area contributed by atoms with Crippen LogP contribution in [0.1, 0.15) is 24.2 Å². The lowest BCUT2D eigenvalue weighted by molar-refractivity contribution is -0.134. The molecule has 0 aliphatic carbocycles. The smallest absolute Gasteiger partial charge is 0.253 e. The summed E-state index contributed by atoms with van der Waals surface area (Å²) < 4.78 is 0. The number of nitrogens with one attached hydrogen (secondary N) is 1. The Morgan fingerprint density at radius 2 is 1.60 bits per heavy atom. The molecule has 0 unspecified atom stereocenters. The topological polar surface area (TPSA) is 95.7 Å². The van der Waals surface area contributed by atoms with E-state index in [0.29, 0.717) is 31.7 Å². The summed E-state index contributed by atoms with van der Waals surface area (Å²) in [7, 11) is 0. The lowest BCUT2D eigenvalue weighted by Crippen LogP contribution is -2.53. The zero-order valence-electron chi connectivity index (χ0n) is 14.8. The fraction of sp³-hybridized carbons (Fsp3) is 0.500. The van der Waals surface area contributed by atoms with Crippen molar-refractivity contribution in [2.24, 2.45) is 11.7 Å². The van der Waals surface area contributed by atoms with E-state index in [1.165, 1.54) is 0 Å². The number of carbonyl (C=O) groups excluding carboxylic acids is 3. The third-order valence-electron chi connectivity index (χ3n) is 4.38. The van der Waals surface area contributed by atoms with Crippen molar-refractivity contribution in [2.75, 3.05) is 32.7 Å². The number of nitrogens with zero attached hydrogens (tertiary/aromatic N) is 2. The normalized spacial score (nSPS) is 15.8. The summed E-state index contributed by atoms with van der Waals surface area (Å²) in [6, 6.07) is 8.48. The molecule has 1 aromatic rings. The molecular weight excluding hydrogens is 320 g/mol. The van der Waals surface area contributed by atoms with Crippen LogP contribution in [-0.4, -0.2) is 66.3 Å². The van der Waals surface area contributed by atoms with Crippen molar-refractivity contribution in [3.63, 3.8) is 0 Å². The zero-order valence-corrected chi connectivity index (χ0v) is 14.8. The minimum Gasteiger partial charge on any atom is -0.346 e. The Morgan fingerprint density at radius 3 is 2.16 bits per heavy atom. The molecule has 1 atom stereocenters. The quantitative estimate of drug-likeness (QED) is 0.789. The second-order valence-corrected chi connectivity index (χ2v) is 6.53. The first-order valence-corrected chi connectivity index (χ1v) is 8.55. The van der Waals surface area contributed by atoms with Gasteiger partial charge in [-0.05, 0) is 18.1 Å². The van der Waals surface area contributed by atoms with Crippen LogP contribution in [0.15, 0.2) is 30.3 Å². The van der Waals surface area contributed by atoms with Crippen LogP contribution < -0.4 is 11.1 Å². The number of benzene rings is 1. The number of amides is 3. The number of hydrogen-bond donors (Lipinski definition) is 2. The van der Waals surface area contributed by atoms with Gasteiger partial charge in [0.25, 0.3) is 5.91 Å². The van der Waals surface area contributed by atoms with Crippen LogP contribution in [0.5, 0.6) is 0 Å². The number of carbonyl (C=O) groups is 3. The summed E-state index contributed by atoms with van der Waals surface area (Å²) in [5.41, 5.74) is 6.40. The summed E-state index contributed by atoms with van der Waals surface area (Å²) in [5, 5.41) is 2.58. The molecule has 0 bridgehead atoms. The van der Waals surface area contributed by atoms with Gasteiger partial charge in [0, 0.05) is 31.7 Å². The highest BCUT2D eigenvalue weighted by Gasteiger charge is 2.25. The lowest BCUT2D eigenvalue weighted by Gasteiger charge is -2.35. The molecule has 1 saturated heterocycles. The van der Waals surface area contributed by atoms with E-state index in [0.717, 1.165) is 0 Å². The second-order valence-electron chi connectivity index (χ2n) is 6.53. The van der Waals surface area contributed by atoms with Crippen LogP contribution >= 0.6 is 0 Å². The molecule has 1 aliphatic heterocycles. The molecular formula is C18H26N4O3. The van der Waals surface area contributed by atoms with E-state index in [2.05, 4.69) is 5.32 Å². The molecule has 0 spiro atoms. The Labute approximate surface area is 148 Å². The molecule has 7 nitrogen and oxygen atoms in total. The molecule has 2 rings (SSSR count). The third kappa shape index (κ3) is 5.03. The Balaban J connectivity index is 1.79. The first kappa shape index (κ1) is 18.9. The summed E-state index contributed by atoms with van der Waals surface area (Å²) in [5.74, 6) is -0.482. The van der Waals surface area contributed by atoms with Crippen LogP contribution in [-0.2, 0) is 9.59 Å². The van der Waals surface area contributed by atoms with Gasteiger partial charge >= 0.3 is 0 Å². The highest BCUT2D eigenvalue weighted by atomic mass is 16.2. The zero-order chi connectivity index (χ0) is 18.4. The molecule has 3 N–H and O–H groups in total. The second kappa shape index (κ2) is 8.62. The van der Waals surface area contributed by atoms with E-state index in [4.69, 9.17) is 5.73 Å². The fourth-order valence-corrected chi connectivity index (χ4v) is 2.62. The van der Waals surface area contributed by atoms with E-state index in [-0.39, 0.29) is 30.2 Å². The summed E-state index contributed by atoms with van der Waals surface area (Å²) in [4.78, 5) is 39.8. The van der Waals surface area contributed by atoms with Gasteiger partial charge in [-0.3, -0.25) is 14.4 Å². The van der Waals surface area contributed by atoms with Crippen molar-refractivity contribution in [3.8, 4) is 0 Å². The number of piperazine rings is 1. The lowest BCUT2D eigenvalue weighted by atomic mass is 10.1. The molecule has 7 heteroatoms. The van der Waals surface area contributed by atoms with Gasteiger partial charge in [-0.25, -0.2) is 0 Å². The minimum atomic E-state index is -0.617. The van der Waals surface area contributed by atoms with Crippen molar-refractivity contribution in [1.82, 2.24) is 15.1 Å². The van der Waals surface area contributed by atoms with Crippen molar-refractivity contribution >= 4 is 17.7 Å². The molecule has 25 heavy (non-hydrogen) atoms. The molecule has 1 fully saturated rings. The van der Waals surface area contributed by atoms with Crippen molar-refractivity contribution in [1.29, 1.82) is 0 Å². The Bertz CT molecular complexity index is 610. The van der Waals surface area contributed by atoms with Gasteiger partial charge in [-0.15, -0.1) is 0 Å². The third-order valence-corrected chi connectivity index (χ3v) is 4.38. The van der Waals surface area contributed by atoms with E-state index in [1.807, 2.05) is 32.0 Å². The van der Waals surface area contributed by atoms with Gasteiger partial charge in [-0.1, -0.05) is 32.0 Å². The van der Waals surface area contributed by atoms with Gasteiger partial charge in [-0.2, -0.15) is 0 Å². The van der Waals surface area contributed by atoms with Crippen LogP contribution in [0, 0.1) is 5.92 Å². The van der Waals surface area contributed by atoms with Crippen LogP contribution in [0.2, 0.25) is 0 Å². The predicted molar refractivity (Wildman–Crippen MR) is 94.7 cm³/mol. The fourth-order valence-electron chi connectivity index (χ4n) is 2.62. The average molecular weight is 346 g/mol. The van der Waals surface area contributed by atoms with E-state index in [1.54, 1.807) is 21.9 Å². The van der Waals surface area contributed by atoms with Crippen molar-refractivity contribution in [3.05, 3.63) is 35.9 Å². The highest BCUT2D eigenvalue weighted by molar-refractivity contribution is 5.94. The summed E-state index contributed by atoms with van der Waals surface area (Å²) >= 11 is 0. The van der Waals surface area contributed by atoms with Crippen LogP contribution in [0.3, 0.4) is 0 Å². The Morgan fingerprint density at radius 1 is 1.04 bits per heavy atom. The number of nitrogens with two attached hydrogens (primary N) is 1. The van der Waals surface area contributed by atoms with Gasteiger partial charge in [0.15, 0.2) is 0 Å². The maximum absolute atomic E-state index is 12.4. The molecule has 0 saturated carbocycles. The van der Waals surface area contributed by atoms with Gasteiger partial charge < -0.3 is 20.9 Å². The SMILES string of the molecule is CC(C)[C@H](N)C(=O)NCC(=O)N1CCN(C(=O)c2ccccc2)CC1. The first-order chi connectivity index (χ1) is 11.9. The largest absolute Gasteiger partial charge is 0.346 e. The highest BCUT2D eigenvalue weighted by Crippen LogP contribution is 2.09. The molecule has 3 amide bonds. The van der Waals surface area contributed by atoms with E-state index >= 15 is 0 Å². The van der Waals surface area contributed by atoms with Crippen LogP contribution in [0.25, 0.3) is 0 Å². The van der Waals surface area contributed by atoms with Crippen molar-refractivity contribution < 1.29 is 14.4 Å². The van der Waals surface area contributed by atoms with Crippen LogP contribution in [0.4, 0.5) is 0 Å². The van der Waals surface area contributed by atoms with E-state index < -0.39 is 6.04 Å². The van der Waals surface area contributed by atoms with Crippen molar-refractivity contribution in [2.45, 2.75) is 19.9 Å². The Kier molecular flexibility index (Phi) is 6.52. The number of rotatable bonds is 5. The average Bonchev–Trinajstić information content (AvgIpc) is 2.65. The van der Waals surface area contributed by atoms with Gasteiger partial charge in [0.1, 0.15) is 0 Å². The predicted octanol–water partition coefficient (Wildman–Crippen LogP) is 0.0705. The van der Waals surface area contributed by atoms with Gasteiger partial charge in [0.2, 0.25) is 11.8 Å². The molecule has 0 aromatic heterocycles. The minimum absolute atomic E-state index is 0.0163. The number of hydrogen-bond acceptors (Lipinski definition) is 4. The monoisotopic (exact) mass is 346 g/mol. The molecule has 1 aliphatic rings. The molecule has 1 aromatic carbocycles. The summed E-state index contributed by atoms with van der Waals surface area (Å²) in [6.07, 6.45) is 0. The maximum Gasteiger partial charge on any atom is 0.253 e. The standard InChI is InChI=1S/C18H26N4O3/c1-13(2)16(19)17(24)20-12-15(23)21-8-10-22(11-9-21)18(25)14-6-4-3-5-7-14/h3-7,13,16H,8-12,19H2,1-2H3,(H,20,24)/t16-/m0/s1. The molecule has 0 radical (unpaired) electrons. The Hall–Kier alpha value is -2.41. The van der Waals surface area contributed by atoms with Gasteiger partial charge in [0.05, 0.1) is 12.6 Å². The molecule has 136 valence electrons. The maximum atomic E-state index is 12.4.